The van der Waals surface area contributed by atoms with Crippen molar-refractivity contribution in [2.75, 3.05) is 13.2 Å². The van der Waals surface area contributed by atoms with Crippen LogP contribution in [-0.2, 0) is 28.6 Å². The molecule has 0 fully saturated rings. The van der Waals surface area contributed by atoms with Gasteiger partial charge in [0, 0.05) is 19.3 Å². The molecule has 0 spiro atoms. The van der Waals surface area contributed by atoms with Gasteiger partial charge in [-0.15, -0.1) is 0 Å². The van der Waals surface area contributed by atoms with Gasteiger partial charge in [-0.3, -0.25) is 14.4 Å². The number of hydrogen-bond donors (Lipinski definition) is 0. The van der Waals surface area contributed by atoms with E-state index in [1.165, 1.54) is 44.9 Å². The summed E-state index contributed by atoms with van der Waals surface area (Å²) in [5.74, 6) is -1.01. The summed E-state index contributed by atoms with van der Waals surface area (Å²) in [6.45, 7) is 6.36. The molecule has 1 atom stereocenters. The first-order chi connectivity index (χ1) is 32.5. The van der Waals surface area contributed by atoms with Gasteiger partial charge in [0.2, 0.25) is 0 Å². The summed E-state index contributed by atoms with van der Waals surface area (Å²) in [5.41, 5.74) is 0. The van der Waals surface area contributed by atoms with Crippen molar-refractivity contribution >= 4 is 17.9 Å². The number of rotatable bonds is 46. The number of allylic oxidation sites excluding steroid dienone is 20. The van der Waals surface area contributed by atoms with E-state index in [1.807, 2.05) is 0 Å². The van der Waals surface area contributed by atoms with E-state index >= 15 is 0 Å². The molecule has 0 radical (unpaired) electrons. The van der Waals surface area contributed by atoms with E-state index < -0.39 is 6.10 Å². The van der Waals surface area contributed by atoms with Crippen LogP contribution in [-0.4, -0.2) is 37.2 Å². The van der Waals surface area contributed by atoms with Crippen LogP contribution in [0.1, 0.15) is 220 Å². The molecule has 66 heavy (non-hydrogen) atoms. The van der Waals surface area contributed by atoms with Crippen LogP contribution in [0.4, 0.5) is 0 Å². The quantitative estimate of drug-likeness (QED) is 0.0262. The molecule has 0 aliphatic carbocycles. The molecule has 372 valence electrons. The Labute approximate surface area is 405 Å². The monoisotopic (exact) mass is 913 g/mol. The minimum Gasteiger partial charge on any atom is -0.462 e. The lowest BCUT2D eigenvalue weighted by atomic mass is 10.1. The molecule has 0 aromatic carbocycles. The summed E-state index contributed by atoms with van der Waals surface area (Å²) >= 11 is 0. The second-order valence-electron chi connectivity index (χ2n) is 17.0. The normalized spacial score (nSPS) is 13.1. The average Bonchev–Trinajstić information content (AvgIpc) is 3.31. The van der Waals surface area contributed by atoms with Gasteiger partial charge in [0.1, 0.15) is 13.2 Å². The minimum atomic E-state index is -0.822. The molecule has 6 nitrogen and oxygen atoms in total. The second kappa shape index (κ2) is 53.4. The van der Waals surface area contributed by atoms with Crippen LogP contribution >= 0.6 is 0 Å². The van der Waals surface area contributed by atoms with Gasteiger partial charge in [0.15, 0.2) is 6.10 Å². The molecular weight excluding hydrogens is 817 g/mol. The maximum absolute atomic E-state index is 12.8. The van der Waals surface area contributed by atoms with Crippen LogP contribution in [0.3, 0.4) is 0 Å². The number of carbonyl (C=O) groups excluding carboxylic acids is 3. The van der Waals surface area contributed by atoms with Crippen molar-refractivity contribution in [3.63, 3.8) is 0 Å². The Morgan fingerprint density at radius 3 is 1.02 bits per heavy atom. The zero-order valence-corrected chi connectivity index (χ0v) is 42.4. The highest BCUT2D eigenvalue weighted by molar-refractivity contribution is 5.71. The van der Waals surface area contributed by atoms with Gasteiger partial charge in [-0.2, -0.15) is 0 Å². The molecule has 6 heteroatoms. The van der Waals surface area contributed by atoms with Crippen LogP contribution in [0.25, 0.3) is 0 Å². The second-order valence-corrected chi connectivity index (χ2v) is 17.0. The highest BCUT2D eigenvalue weighted by atomic mass is 16.6. The molecule has 0 aromatic heterocycles. The van der Waals surface area contributed by atoms with E-state index in [0.717, 1.165) is 128 Å². The van der Waals surface area contributed by atoms with E-state index in [9.17, 15) is 14.4 Å². The Kier molecular flexibility index (Phi) is 50.0. The number of unbranched alkanes of at least 4 members (excludes halogenated alkanes) is 15. The molecule has 0 bridgehead atoms. The van der Waals surface area contributed by atoms with E-state index in [1.54, 1.807) is 0 Å². The number of ether oxygens (including phenoxy) is 3. The smallest absolute Gasteiger partial charge is 0.306 e. The Bertz CT molecular complexity index is 1420. The third-order valence-corrected chi connectivity index (χ3v) is 10.7. The summed E-state index contributed by atoms with van der Waals surface area (Å²) < 4.78 is 16.7. The fourth-order valence-electron chi connectivity index (χ4n) is 6.67. The lowest BCUT2D eigenvalue weighted by Gasteiger charge is -2.18. The molecule has 0 aliphatic rings. The van der Waals surface area contributed by atoms with Crippen molar-refractivity contribution in [3.05, 3.63) is 122 Å². The lowest BCUT2D eigenvalue weighted by molar-refractivity contribution is -0.167. The summed E-state index contributed by atoms with van der Waals surface area (Å²) in [4.78, 5) is 38.0. The predicted molar refractivity (Wildman–Crippen MR) is 283 cm³/mol. The number of esters is 3. The molecule has 0 unspecified atom stereocenters. The first-order valence-electron chi connectivity index (χ1n) is 26.5. The summed E-state index contributed by atoms with van der Waals surface area (Å²) in [6, 6.07) is 0. The third-order valence-electron chi connectivity index (χ3n) is 10.7. The SMILES string of the molecule is CC/C=C\C/C=C\C/C=C\C/C=C\CCCCC(=O)O[C@@H](COC(=O)CCCCC/C=C\C/C=C\C/C=C\C/C=C\CCCCC)COC(=O)CCCCCCC/C=C\C/C=C\CCCC. The van der Waals surface area contributed by atoms with Crippen LogP contribution in [0, 0.1) is 0 Å². The minimum absolute atomic E-state index is 0.116. The standard InChI is InChI=1S/C60H96O6/c1-4-7-10-13-16-19-22-25-28-29-30-31-33-35-38-41-44-47-50-53-59(62)65-56-57(55-64-58(61)52-49-46-43-40-37-34-27-24-21-18-15-12-9-6-3)66-60(63)54-51-48-45-42-39-36-32-26-23-20-17-14-11-8-5-2/h8,11,15-20,24-28,30-32,35,38-39,42,57H,4-7,9-10,12-14,21-23,29,33-34,36-37,40-41,43-56H2,1-3H3/b11-8-,18-15-,19-16-,20-17-,27-24-,28-25-,31-30-,32-26-,38-35-,42-39-/t57-/m1/s1. The van der Waals surface area contributed by atoms with Gasteiger partial charge in [-0.25, -0.2) is 0 Å². The fourth-order valence-corrected chi connectivity index (χ4v) is 6.67. The van der Waals surface area contributed by atoms with Crippen molar-refractivity contribution in [2.24, 2.45) is 0 Å². The maximum atomic E-state index is 12.8. The largest absolute Gasteiger partial charge is 0.462 e. The lowest BCUT2D eigenvalue weighted by Crippen LogP contribution is -2.30. The van der Waals surface area contributed by atoms with Crippen LogP contribution in [0.2, 0.25) is 0 Å². The average molecular weight is 913 g/mol. The van der Waals surface area contributed by atoms with Gasteiger partial charge < -0.3 is 14.2 Å². The Balaban J connectivity index is 4.55. The van der Waals surface area contributed by atoms with E-state index in [4.69, 9.17) is 14.2 Å². The van der Waals surface area contributed by atoms with Crippen molar-refractivity contribution in [1.29, 1.82) is 0 Å². The summed E-state index contributed by atoms with van der Waals surface area (Å²) in [6.07, 6.45) is 73.2. The third kappa shape index (κ3) is 50.8. The Hall–Kier alpha value is -4.19. The van der Waals surface area contributed by atoms with Gasteiger partial charge >= 0.3 is 17.9 Å². The molecule has 0 saturated heterocycles. The van der Waals surface area contributed by atoms with Gasteiger partial charge in [0.25, 0.3) is 0 Å². The molecular formula is C60H96O6. The first-order valence-corrected chi connectivity index (χ1v) is 26.5. The first kappa shape index (κ1) is 61.8. The molecule has 0 aromatic rings. The highest BCUT2D eigenvalue weighted by Crippen LogP contribution is 2.12. The summed E-state index contributed by atoms with van der Waals surface area (Å²) in [5, 5.41) is 0. The van der Waals surface area contributed by atoms with E-state index in [-0.39, 0.29) is 37.5 Å². The van der Waals surface area contributed by atoms with Crippen molar-refractivity contribution in [1.82, 2.24) is 0 Å². The van der Waals surface area contributed by atoms with Crippen LogP contribution in [0.5, 0.6) is 0 Å². The summed E-state index contributed by atoms with van der Waals surface area (Å²) in [7, 11) is 0. The predicted octanol–water partition coefficient (Wildman–Crippen LogP) is 17.7. The van der Waals surface area contributed by atoms with Crippen LogP contribution in [0.15, 0.2) is 122 Å². The molecule has 0 saturated carbocycles. The van der Waals surface area contributed by atoms with Crippen molar-refractivity contribution in [2.45, 2.75) is 226 Å². The Morgan fingerprint density at radius 2 is 0.606 bits per heavy atom. The molecule has 0 amide bonds. The van der Waals surface area contributed by atoms with Gasteiger partial charge in [0.05, 0.1) is 0 Å². The molecule has 0 rings (SSSR count). The van der Waals surface area contributed by atoms with Gasteiger partial charge in [-0.1, -0.05) is 194 Å². The topological polar surface area (TPSA) is 78.9 Å². The van der Waals surface area contributed by atoms with Crippen LogP contribution < -0.4 is 0 Å². The Morgan fingerprint density at radius 1 is 0.318 bits per heavy atom. The number of hydrogen-bond acceptors (Lipinski definition) is 6. The molecule has 0 N–H and O–H groups in total. The number of carbonyl (C=O) groups is 3. The van der Waals surface area contributed by atoms with Gasteiger partial charge in [-0.05, 0) is 128 Å². The van der Waals surface area contributed by atoms with Crippen molar-refractivity contribution < 1.29 is 28.6 Å². The van der Waals surface area contributed by atoms with Crippen molar-refractivity contribution in [3.8, 4) is 0 Å². The zero-order valence-electron chi connectivity index (χ0n) is 42.4. The van der Waals surface area contributed by atoms with E-state index in [0.29, 0.717) is 19.3 Å². The molecule has 0 heterocycles. The van der Waals surface area contributed by atoms with E-state index in [2.05, 4.69) is 142 Å². The molecule has 0 aliphatic heterocycles. The zero-order chi connectivity index (χ0) is 47.9. The maximum Gasteiger partial charge on any atom is 0.306 e. The highest BCUT2D eigenvalue weighted by Gasteiger charge is 2.19. The fraction of sp³-hybridized carbons (Fsp3) is 0.617.